The summed E-state index contributed by atoms with van der Waals surface area (Å²) in [5.41, 5.74) is 9.30. The number of phenolic OH excluding ortho intramolecular Hbond substituents is 1. The van der Waals surface area contributed by atoms with Crippen LogP contribution >= 0.6 is 11.3 Å². The van der Waals surface area contributed by atoms with E-state index < -0.39 is 5.60 Å². The molecule has 0 saturated carbocycles. The maximum absolute atomic E-state index is 13.5. The van der Waals surface area contributed by atoms with Gasteiger partial charge in [0, 0.05) is 49.2 Å². The molecule has 0 bridgehead atoms. The summed E-state index contributed by atoms with van der Waals surface area (Å²) in [4.78, 5) is 18.4. The van der Waals surface area contributed by atoms with Gasteiger partial charge in [0.25, 0.3) is 5.91 Å². The molecule has 0 unspecified atom stereocenters. The number of anilines is 1. The van der Waals surface area contributed by atoms with Crippen molar-refractivity contribution in [3.8, 4) is 11.5 Å². The first kappa shape index (κ1) is 21.5. The third-order valence-corrected chi connectivity index (χ3v) is 7.71. The average molecular weight is 443 g/mol. The van der Waals surface area contributed by atoms with Crippen molar-refractivity contribution < 1.29 is 14.6 Å². The van der Waals surface area contributed by atoms with Gasteiger partial charge in [-0.25, -0.2) is 0 Å². The molecule has 1 saturated heterocycles. The molecule has 2 aliphatic rings. The Hall–Kier alpha value is -2.74. The van der Waals surface area contributed by atoms with Gasteiger partial charge in [-0.1, -0.05) is 0 Å². The number of amides is 1. The minimum atomic E-state index is -0.903. The monoisotopic (exact) mass is 442 g/mol. The molecule has 166 valence electrons. The number of phenols is 1. The number of amidine groups is 1. The zero-order chi connectivity index (χ0) is 22.5. The van der Waals surface area contributed by atoms with Crippen molar-refractivity contribution >= 4 is 28.8 Å². The van der Waals surface area contributed by atoms with Crippen LogP contribution in [-0.4, -0.2) is 53.5 Å². The first-order valence-electron chi connectivity index (χ1n) is 10.6. The second kappa shape index (κ2) is 7.75. The molecule has 0 aliphatic carbocycles. The van der Waals surface area contributed by atoms with Crippen molar-refractivity contribution in [2.45, 2.75) is 46.1 Å². The normalized spacial score (nSPS) is 20.9. The fourth-order valence-corrected chi connectivity index (χ4v) is 5.31. The smallest absolute Gasteiger partial charge is 0.266 e. The van der Waals surface area contributed by atoms with Crippen LogP contribution in [0.3, 0.4) is 0 Å². The highest BCUT2D eigenvalue weighted by Crippen LogP contribution is 2.43. The summed E-state index contributed by atoms with van der Waals surface area (Å²) >= 11 is 1.47. The van der Waals surface area contributed by atoms with Gasteiger partial charge in [0.1, 0.15) is 17.3 Å². The lowest BCUT2D eigenvalue weighted by Gasteiger charge is -2.42. The van der Waals surface area contributed by atoms with E-state index in [4.69, 9.17) is 15.9 Å². The number of ether oxygens (including phenoxy) is 1. The van der Waals surface area contributed by atoms with Crippen LogP contribution in [0.4, 0.5) is 5.69 Å². The standard InChI is InChI=1S/C23H30N4O3S/c1-13-14(2)20-17(15(3)19(13)28)5-6-23(4,30-20)22(29)27-9-7-26(8-10-27)16-11-18(21(24)25)31-12-16/h11-12,28H,5-10H2,1-4H3,(H3,24,25)/t23-/m0/s1. The van der Waals surface area contributed by atoms with Gasteiger partial charge in [0.2, 0.25) is 0 Å². The Kier molecular flexibility index (Phi) is 5.37. The van der Waals surface area contributed by atoms with E-state index in [0.29, 0.717) is 31.7 Å². The molecule has 1 atom stereocenters. The number of nitrogen functional groups attached to an aromatic ring is 1. The quantitative estimate of drug-likeness (QED) is 0.501. The Bertz CT molecular complexity index is 1060. The van der Waals surface area contributed by atoms with Gasteiger partial charge in [-0.05, 0) is 56.9 Å². The average Bonchev–Trinajstić information content (AvgIpc) is 3.26. The third kappa shape index (κ3) is 3.63. The van der Waals surface area contributed by atoms with Crippen LogP contribution in [0, 0.1) is 26.2 Å². The maximum atomic E-state index is 13.5. The van der Waals surface area contributed by atoms with Crippen LogP contribution in [0.2, 0.25) is 0 Å². The Morgan fingerprint density at radius 1 is 1.19 bits per heavy atom. The summed E-state index contributed by atoms with van der Waals surface area (Å²) in [5.74, 6) is 1.19. The number of aromatic hydroxyl groups is 1. The molecule has 7 nitrogen and oxygen atoms in total. The van der Waals surface area contributed by atoms with E-state index >= 15 is 0 Å². The summed E-state index contributed by atoms with van der Waals surface area (Å²) in [6.45, 7) is 10.4. The van der Waals surface area contributed by atoms with Crippen molar-refractivity contribution in [2.75, 3.05) is 31.1 Å². The minimum Gasteiger partial charge on any atom is -0.507 e. The maximum Gasteiger partial charge on any atom is 0.266 e. The van der Waals surface area contributed by atoms with Crippen LogP contribution in [0.5, 0.6) is 11.5 Å². The van der Waals surface area contributed by atoms with Crippen LogP contribution in [0.15, 0.2) is 11.4 Å². The number of nitrogens with one attached hydrogen (secondary N) is 1. The topological polar surface area (TPSA) is 103 Å². The summed E-state index contributed by atoms with van der Waals surface area (Å²) in [7, 11) is 0. The highest BCUT2D eigenvalue weighted by Gasteiger charge is 2.43. The van der Waals surface area contributed by atoms with Crippen LogP contribution in [0.1, 0.15) is 40.5 Å². The number of nitrogens with zero attached hydrogens (tertiary/aromatic N) is 2. The van der Waals surface area contributed by atoms with E-state index in [1.54, 1.807) is 0 Å². The molecule has 1 amide bonds. The van der Waals surface area contributed by atoms with Gasteiger partial charge in [0.05, 0.1) is 4.88 Å². The molecule has 1 fully saturated rings. The predicted octanol–water partition coefficient (Wildman–Crippen LogP) is 3.10. The van der Waals surface area contributed by atoms with Crippen molar-refractivity contribution in [3.63, 3.8) is 0 Å². The Balaban J connectivity index is 1.47. The molecule has 4 N–H and O–H groups in total. The predicted molar refractivity (Wildman–Crippen MR) is 124 cm³/mol. The van der Waals surface area contributed by atoms with Gasteiger partial charge >= 0.3 is 0 Å². The first-order chi connectivity index (χ1) is 14.6. The van der Waals surface area contributed by atoms with Crippen molar-refractivity contribution in [1.82, 2.24) is 4.90 Å². The van der Waals surface area contributed by atoms with Crippen LogP contribution in [0.25, 0.3) is 0 Å². The van der Waals surface area contributed by atoms with E-state index in [-0.39, 0.29) is 11.7 Å². The van der Waals surface area contributed by atoms with E-state index in [2.05, 4.69) is 4.90 Å². The van der Waals surface area contributed by atoms with Crippen LogP contribution < -0.4 is 15.4 Å². The number of carbonyl (C=O) groups is 1. The number of fused-ring (bicyclic) bond motifs is 1. The number of hydrogen-bond donors (Lipinski definition) is 3. The number of hydrogen-bond acceptors (Lipinski definition) is 6. The summed E-state index contributed by atoms with van der Waals surface area (Å²) in [6.07, 6.45) is 1.30. The molecule has 8 heteroatoms. The number of benzene rings is 1. The van der Waals surface area contributed by atoms with Crippen molar-refractivity contribution in [1.29, 1.82) is 5.41 Å². The molecular formula is C23H30N4O3S. The van der Waals surface area contributed by atoms with Crippen molar-refractivity contribution in [3.05, 3.63) is 38.6 Å². The zero-order valence-electron chi connectivity index (χ0n) is 18.5. The lowest BCUT2D eigenvalue weighted by Crippen LogP contribution is -2.57. The third-order valence-electron chi connectivity index (χ3n) is 6.76. The summed E-state index contributed by atoms with van der Waals surface area (Å²) in [6, 6.07) is 1.94. The minimum absolute atomic E-state index is 0.0234. The Morgan fingerprint density at radius 2 is 1.87 bits per heavy atom. The van der Waals surface area contributed by atoms with Crippen LogP contribution in [-0.2, 0) is 11.2 Å². The second-order valence-corrected chi connectivity index (χ2v) is 9.64. The number of thiophene rings is 1. The molecule has 0 radical (unpaired) electrons. The molecule has 0 spiro atoms. The van der Waals surface area contributed by atoms with E-state index in [0.717, 1.165) is 51.7 Å². The number of nitrogens with two attached hydrogens (primary N) is 1. The van der Waals surface area contributed by atoms with Crippen molar-refractivity contribution in [2.24, 2.45) is 5.73 Å². The molecule has 1 aromatic carbocycles. The molecule has 1 aromatic heterocycles. The van der Waals surface area contributed by atoms with E-state index in [9.17, 15) is 9.90 Å². The highest BCUT2D eigenvalue weighted by molar-refractivity contribution is 7.12. The molecule has 2 aromatic rings. The zero-order valence-corrected chi connectivity index (χ0v) is 19.4. The molecule has 31 heavy (non-hydrogen) atoms. The molecule has 3 heterocycles. The van der Waals surface area contributed by atoms with Gasteiger partial charge < -0.3 is 25.4 Å². The SMILES string of the molecule is Cc1c(C)c2c(c(C)c1O)CC[C@@](C)(C(=O)N1CCN(c3csc(C(=N)N)c3)CC1)O2. The van der Waals surface area contributed by atoms with Gasteiger partial charge in [-0.2, -0.15) is 0 Å². The van der Waals surface area contributed by atoms with E-state index in [1.165, 1.54) is 11.3 Å². The summed E-state index contributed by atoms with van der Waals surface area (Å²) < 4.78 is 6.37. The Morgan fingerprint density at radius 3 is 2.48 bits per heavy atom. The molecule has 2 aliphatic heterocycles. The first-order valence-corrected chi connectivity index (χ1v) is 11.5. The fourth-order valence-electron chi connectivity index (χ4n) is 4.53. The lowest BCUT2D eigenvalue weighted by atomic mass is 9.86. The fraction of sp³-hybridized carbons (Fsp3) is 0.478. The van der Waals surface area contributed by atoms with Gasteiger partial charge in [-0.3, -0.25) is 10.2 Å². The summed E-state index contributed by atoms with van der Waals surface area (Å²) in [5, 5.41) is 20.0. The second-order valence-electron chi connectivity index (χ2n) is 8.73. The molecule has 4 rings (SSSR count). The van der Waals surface area contributed by atoms with Gasteiger partial charge in [0.15, 0.2) is 5.60 Å². The van der Waals surface area contributed by atoms with E-state index in [1.807, 2.05) is 44.0 Å². The van der Waals surface area contributed by atoms with Gasteiger partial charge in [-0.15, -0.1) is 11.3 Å². The highest BCUT2D eigenvalue weighted by atomic mass is 32.1. The number of carbonyl (C=O) groups excluding carboxylic acids is 1. The number of piperazine rings is 1. The Labute approximate surface area is 186 Å². The molecular weight excluding hydrogens is 412 g/mol. The lowest BCUT2D eigenvalue weighted by molar-refractivity contribution is -0.148. The number of rotatable bonds is 3. The largest absolute Gasteiger partial charge is 0.507 e.